The van der Waals surface area contributed by atoms with Crippen LogP contribution in [-0.4, -0.2) is 20.5 Å². The molecule has 1 aliphatic carbocycles. The zero-order valence-electron chi connectivity index (χ0n) is 11.6. The molecule has 3 rings (SSSR count). The summed E-state index contributed by atoms with van der Waals surface area (Å²) in [6, 6.07) is 3.61. The van der Waals surface area contributed by atoms with E-state index < -0.39 is 0 Å². The molecule has 0 radical (unpaired) electrons. The molecule has 1 N–H and O–H groups in total. The summed E-state index contributed by atoms with van der Waals surface area (Å²) >= 11 is 0. The van der Waals surface area contributed by atoms with E-state index in [0.29, 0.717) is 17.2 Å². The molecule has 0 atom stereocenters. The van der Waals surface area contributed by atoms with Gasteiger partial charge in [0, 0.05) is 18.1 Å². The summed E-state index contributed by atoms with van der Waals surface area (Å²) in [7, 11) is 0. The minimum absolute atomic E-state index is 0.0493. The lowest BCUT2D eigenvalue weighted by atomic mass is 10.1. The third-order valence-corrected chi connectivity index (χ3v) is 3.39. The van der Waals surface area contributed by atoms with Gasteiger partial charge in [-0.05, 0) is 24.7 Å². The lowest BCUT2D eigenvalue weighted by Crippen LogP contribution is -2.15. The van der Waals surface area contributed by atoms with Crippen LogP contribution in [0.1, 0.15) is 44.0 Å². The number of nitrogens with zero attached hydrogens (tertiary/aromatic N) is 3. The Morgan fingerprint density at radius 2 is 2.25 bits per heavy atom. The van der Waals surface area contributed by atoms with Crippen LogP contribution in [0.3, 0.4) is 0 Å². The van der Waals surface area contributed by atoms with Crippen molar-refractivity contribution < 1.29 is 4.79 Å². The quantitative estimate of drug-likeness (QED) is 0.868. The van der Waals surface area contributed by atoms with E-state index in [0.717, 1.165) is 18.5 Å². The molecule has 0 aliphatic heterocycles. The van der Waals surface area contributed by atoms with Gasteiger partial charge in [-0.15, -0.1) is 6.42 Å². The molecule has 0 aromatic carbocycles. The van der Waals surface area contributed by atoms with E-state index in [-0.39, 0.29) is 17.7 Å². The van der Waals surface area contributed by atoms with Crippen LogP contribution in [0.2, 0.25) is 0 Å². The lowest BCUT2D eigenvalue weighted by Gasteiger charge is -2.11. The van der Waals surface area contributed by atoms with Crippen molar-refractivity contribution in [2.75, 3.05) is 5.32 Å². The molecule has 1 saturated carbocycles. The number of nitrogens with one attached hydrogen (secondary N) is 1. The normalized spacial score (nSPS) is 14.5. The number of terminal acetylenes is 1. The van der Waals surface area contributed by atoms with Crippen molar-refractivity contribution in [3.63, 3.8) is 0 Å². The van der Waals surface area contributed by atoms with Gasteiger partial charge in [0.2, 0.25) is 5.91 Å². The van der Waals surface area contributed by atoms with Crippen molar-refractivity contribution >= 4 is 17.4 Å². The minimum Gasteiger partial charge on any atom is -0.310 e. The summed E-state index contributed by atoms with van der Waals surface area (Å²) in [5, 5.41) is 7.20. The van der Waals surface area contributed by atoms with Crippen LogP contribution in [0.25, 0.3) is 5.65 Å². The van der Waals surface area contributed by atoms with Gasteiger partial charge < -0.3 is 5.32 Å². The zero-order valence-corrected chi connectivity index (χ0v) is 11.6. The average molecular weight is 268 g/mol. The molecule has 2 heterocycles. The molecule has 1 aliphatic rings. The molecule has 0 spiro atoms. The van der Waals surface area contributed by atoms with Crippen LogP contribution < -0.4 is 5.32 Å². The van der Waals surface area contributed by atoms with E-state index in [1.165, 1.54) is 0 Å². The smallest absolute Gasteiger partial charge is 0.228 e. The van der Waals surface area contributed by atoms with Crippen LogP contribution in [0.5, 0.6) is 0 Å². The van der Waals surface area contributed by atoms with E-state index in [9.17, 15) is 4.79 Å². The van der Waals surface area contributed by atoms with Crippen LogP contribution in [0.4, 0.5) is 5.82 Å². The molecule has 2 aromatic rings. The van der Waals surface area contributed by atoms with Crippen molar-refractivity contribution in [2.24, 2.45) is 5.92 Å². The number of hydrogen-bond donors (Lipinski definition) is 1. The van der Waals surface area contributed by atoms with Gasteiger partial charge in [-0.2, -0.15) is 5.10 Å². The van der Waals surface area contributed by atoms with Gasteiger partial charge in [0.1, 0.15) is 11.5 Å². The van der Waals surface area contributed by atoms with E-state index in [2.05, 4.69) is 35.2 Å². The fourth-order valence-corrected chi connectivity index (χ4v) is 2.12. The molecule has 1 fully saturated rings. The Kier molecular flexibility index (Phi) is 2.94. The molecular weight excluding hydrogens is 252 g/mol. The van der Waals surface area contributed by atoms with Crippen LogP contribution in [-0.2, 0) is 4.79 Å². The molecule has 5 heteroatoms. The third-order valence-electron chi connectivity index (χ3n) is 3.39. The van der Waals surface area contributed by atoms with Crippen LogP contribution in [0.15, 0.2) is 12.1 Å². The fourth-order valence-electron chi connectivity index (χ4n) is 2.12. The predicted molar refractivity (Wildman–Crippen MR) is 76.4 cm³/mol. The van der Waals surface area contributed by atoms with Gasteiger partial charge in [0.05, 0.1) is 5.69 Å². The first-order valence-corrected chi connectivity index (χ1v) is 6.76. The largest absolute Gasteiger partial charge is 0.310 e. The number of amides is 1. The highest BCUT2D eigenvalue weighted by Crippen LogP contribution is 2.30. The van der Waals surface area contributed by atoms with Crippen molar-refractivity contribution in [1.82, 2.24) is 14.6 Å². The predicted octanol–water partition coefficient (Wildman–Crippen LogP) is 2.18. The summed E-state index contributed by atoms with van der Waals surface area (Å²) in [6.45, 7) is 4.14. The first-order valence-electron chi connectivity index (χ1n) is 6.76. The second-order valence-corrected chi connectivity index (χ2v) is 5.43. The molecule has 102 valence electrons. The number of anilines is 1. The summed E-state index contributed by atoms with van der Waals surface area (Å²) < 4.78 is 1.74. The highest BCUT2D eigenvalue weighted by molar-refractivity contribution is 5.93. The summed E-state index contributed by atoms with van der Waals surface area (Å²) in [4.78, 5) is 16.3. The van der Waals surface area contributed by atoms with Gasteiger partial charge in [0.15, 0.2) is 5.65 Å². The van der Waals surface area contributed by atoms with Gasteiger partial charge >= 0.3 is 0 Å². The maximum Gasteiger partial charge on any atom is 0.228 e. The van der Waals surface area contributed by atoms with E-state index >= 15 is 0 Å². The second-order valence-electron chi connectivity index (χ2n) is 5.43. The standard InChI is InChI=1S/C15H16N4O/c1-4-11-7-14-16-13(17-15(20)10-5-6-10)8-12(9(2)3)19(14)18-11/h1,7-10H,5-6H2,2-3H3,(H,16,17,20). The first-order chi connectivity index (χ1) is 9.58. The summed E-state index contributed by atoms with van der Waals surface area (Å²) in [6.07, 6.45) is 7.33. The number of aromatic nitrogens is 3. The summed E-state index contributed by atoms with van der Waals surface area (Å²) in [5.74, 6) is 3.54. The molecule has 20 heavy (non-hydrogen) atoms. The van der Waals surface area contributed by atoms with Crippen molar-refractivity contribution in [3.8, 4) is 12.3 Å². The minimum atomic E-state index is 0.0493. The number of fused-ring (bicyclic) bond motifs is 1. The van der Waals surface area contributed by atoms with Crippen molar-refractivity contribution in [1.29, 1.82) is 0 Å². The molecule has 1 amide bonds. The number of hydrogen-bond acceptors (Lipinski definition) is 3. The van der Waals surface area contributed by atoms with Crippen LogP contribution >= 0.6 is 0 Å². The lowest BCUT2D eigenvalue weighted by molar-refractivity contribution is -0.117. The fraction of sp³-hybridized carbons (Fsp3) is 0.400. The van der Waals surface area contributed by atoms with Gasteiger partial charge in [-0.25, -0.2) is 9.50 Å². The Hall–Kier alpha value is -2.35. The summed E-state index contributed by atoms with van der Waals surface area (Å²) in [5.41, 5.74) is 2.18. The number of rotatable bonds is 3. The monoisotopic (exact) mass is 268 g/mol. The molecule has 0 unspecified atom stereocenters. The highest BCUT2D eigenvalue weighted by atomic mass is 16.2. The van der Waals surface area contributed by atoms with Crippen molar-refractivity contribution in [3.05, 3.63) is 23.5 Å². The zero-order chi connectivity index (χ0) is 14.3. The Bertz CT molecular complexity index is 719. The van der Waals surface area contributed by atoms with Crippen molar-refractivity contribution in [2.45, 2.75) is 32.6 Å². The van der Waals surface area contributed by atoms with E-state index in [4.69, 9.17) is 6.42 Å². The van der Waals surface area contributed by atoms with Gasteiger partial charge in [-0.1, -0.05) is 13.8 Å². The highest BCUT2D eigenvalue weighted by Gasteiger charge is 2.30. The second kappa shape index (κ2) is 4.64. The first kappa shape index (κ1) is 12.7. The number of carbonyl (C=O) groups excluding carboxylic acids is 1. The SMILES string of the molecule is C#Cc1cc2nc(NC(=O)C3CC3)cc(C(C)C)n2n1. The molecule has 0 saturated heterocycles. The molecule has 5 nitrogen and oxygen atoms in total. The third kappa shape index (κ3) is 2.25. The number of carbonyl (C=O) groups is 1. The van der Waals surface area contributed by atoms with Crippen LogP contribution in [0, 0.1) is 18.3 Å². The average Bonchev–Trinajstić information content (AvgIpc) is 3.17. The topological polar surface area (TPSA) is 59.3 Å². The molecular formula is C15H16N4O. The Balaban J connectivity index is 2.04. The van der Waals surface area contributed by atoms with Gasteiger partial charge in [-0.3, -0.25) is 4.79 Å². The maximum atomic E-state index is 11.8. The van der Waals surface area contributed by atoms with Gasteiger partial charge in [0.25, 0.3) is 0 Å². The van der Waals surface area contributed by atoms with E-state index in [1.54, 1.807) is 10.6 Å². The Morgan fingerprint density at radius 1 is 1.50 bits per heavy atom. The maximum absolute atomic E-state index is 11.8. The molecule has 0 bridgehead atoms. The Morgan fingerprint density at radius 3 is 2.85 bits per heavy atom. The Labute approximate surface area is 117 Å². The molecule has 2 aromatic heterocycles. The van der Waals surface area contributed by atoms with E-state index in [1.807, 2.05) is 6.07 Å².